The van der Waals surface area contributed by atoms with Crippen molar-refractivity contribution in [3.05, 3.63) is 70.3 Å². The number of esters is 2. The summed E-state index contributed by atoms with van der Waals surface area (Å²) in [5, 5.41) is 39.0. The van der Waals surface area contributed by atoms with Crippen molar-refractivity contribution in [1.29, 1.82) is 5.26 Å². The number of anilines is 2. The van der Waals surface area contributed by atoms with E-state index in [1.807, 2.05) is 44.2 Å². The van der Waals surface area contributed by atoms with Gasteiger partial charge < -0.3 is 24.6 Å². The first kappa shape index (κ1) is 37.6. The van der Waals surface area contributed by atoms with Crippen LogP contribution in [0.4, 0.5) is 11.4 Å². The molecular weight excluding hydrogens is 698 g/mol. The molecule has 53 heavy (non-hydrogen) atoms. The van der Waals surface area contributed by atoms with Crippen LogP contribution in [0.2, 0.25) is 5.02 Å². The smallest absolute Gasteiger partial charge is 0.323 e. The van der Waals surface area contributed by atoms with Crippen molar-refractivity contribution in [2.24, 2.45) is 23.7 Å². The Bertz CT molecular complexity index is 1790. The summed E-state index contributed by atoms with van der Waals surface area (Å²) in [7, 11) is 1.69. The molecule has 0 spiro atoms. The van der Waals surface area contributed by atoms with Gasteiger partial charge in [-0.3, -0.25) is 29.7 Å². The van der Waals surface area contributed by atoms with E-state index in [2.05, 4.69) is 28.1 Å². The van der Waals surface area contributed by atoms with Crippen LogP contribution in [-0.2, 0) is 29.5 Å². The van der Waals surface area contributed by atoms with E-state index in [0.29, 0.717) is 28.3 Å². The number of nitrogens with one attached hydrogen (secondary N) is 1. The van der Waals surface area contributed by atoms with Crippen LogP contribution in [0.25, 0.3) is 0 Å². The summed E-state index contributed by atoms with van der Waals surface area (Å²) in [6, 6.07) is 14.1. The molecule has 0 aromatic heterocycles. The molecule has 2 aromatic rings. The van der Waals surface area contributed by atoms with Gasteiger partial charge in [-0.05, 0) is 73.4 Å². The predicted octanol–water partition coefficient (Wildman–Crippen LogP) is 4.12. The summed E-state index contributed by atoms with van der Waals surface area (Å²) < 4.78 is 12.1. The lowest BCUT2D eigenvalue weighted by molar-refractivity contribution is -0.225. The first-order valence-electron chi connectivity index (χ1n) is 18.7. The van der Waals surface area contributed by atoms with Gasteiger partial charge >= 0.3 is 11.9 Å². The molecule has 2 saturated heterocycles. The fourth-order valence-electron chi connectivity index (χ4n) is 9.64. The second kappa shape index (κ2) is 14.5. The van der Waals surface area contributed by atoms with Gasteiger partial charge in [-0.15, -0.1) is 0 Å². The number of nitriles is 1. The molecule has 2 aromatic carbocycles. The van der Waals surface area contributed by atoms with Crippen LogP contribution in [0, 0.1) is 35.0 Å². The lowest BCUT2D eigenvalue weighted by Gasteiger charge is -2.56. The molecule has 3 fully saturated rings. The highest BCUT2D eigenvalue weighted by Crippen LogP contribution is 2.53. The van der Waals surface area contributed by atoms with Gasteiger partial charge in [0.1, 0.15) is 17.2 Å². The number of piperazine rings is 1. The Labute approximate surface area is 316 Å². The van der Waals surface area contributed by atoms with Crippen LogP contribution < -0.4 is 15.3 Å². The third-order valence-electron chi connectivity index (χ3n) is 12.5. The van der Waals surface area contributed by atoms with E-state index in [4.69, 9.17) is 31.2 Å². The number of ether oxygens (including phenoxy) is 2. The number of carbonyl (C=O) groups is 2. The van der Waals surface area contributed by atoms with Gasteiger partial charge in [0.25, 0.3) is 0 Å². The standard InChI is InChI=1S/C40H50ClN5O7/c1-23-19-31-29(24(2)22-45-15-17-46(18-16-45)28-12-10-27(21-42)11-13-28)14-9-25(3)40(31,50)36(35(23)51-26(4)47)52-37(48)33-20-39(49)30-7-6-8-32(41)34(30)44(5)53-38(39)43-33/h6-8,10-13,19,24-25,29,31,33,35-36,38,43,49-50H,9,14-18,20,22H2,1-5H3/t24?,25-,29+,31-,33+,35-,36+,38-,39-,40-/m1/s1. The zero-order valence-electron chi connectivity index (χ0n) is 31.0. The van der Waals surface area contributed by atoms with Crippen LogP contribution in [0.1, 0.15) is 58.1 Å². The monoisotopic (exact) mass is 747 g/mol. The Morgan fingerprint density at radius 3 is 2.51 bits per heavy atom. The van der Waals surface area contributed by atoms with E-state index in [1.54, 1.807) is 25.2 Å². The molecule has 10 atom stereocenters. The summed E-state index contributed by atoms with van der Waals surface area (Å²) in [5.41, 5.74) is 0.469. The molecule has 5 aliphatic rings. The van der Waals surface area contributed by atoms with Crippen molar-refractivity contribution >= 4 is 34.9 Å². The van der Waals surface area contributed by atoms with E-state index in [1.165, 1.54) is 12.0 Å². The molecule has 0 amide bonds. The van der Waals surface area contributed by atoms with Crippen molar-refractivity contribution in [3.63, 3.8) is 0 Å². The Hall–Kier alpha value is -3.70. The van der Waals surface area contributed by atoms with E-state index >= 15 is 0 Å². The zero-order valence-corrected chi connectivity index (χ0v) is 31.8. The van der Waals surface area contributed by atoms with Crippen LogP contribution in [0.3, 0.4) is 0 Å². The minimum absolute atomic E-state index is 0.0486. The molecule has 0 radical (unpaired) electrons. The normalized spacial score (nSPS) is 34.5. The number of hydroxylamine groups is 1. The number of nitrogens with zero attached hydrogens (tertiary/aromatic N) is 4. The predicted molar refractivity (Wildman–Crippen MR) is 199 cm³/mol. The number of carbonyl (C=O) groups excluding carboxylic acids is 2. The van der Waals surface area contributed by atoms with Gasteiger partial charge in [0.2, 0.25) is 0 Å². The summed E-state index contributed by atoms with van der Waals surface area (Å²) in [4.78, 5) is 37.4. The average molecular weight is 748 g/mol. The van der Waals surface area contributed by atoms with Crippen molar-refractivity contribution in [3.8, 4) is 6.07 Å². The number of aliphatic hydroxyl groups is 2. The number of hydrogen-bond donors (Lipinski definition) is 3. The van der Waals surface area contributed by atoms with E-state index < -0.39 is 47.6 Å². The third kappa shape index (κ3) is 6.70. The fraction of sp³-hybridized carbons (Fsp3) is 0.575. The van der Waals surface area contributed by atoms with Crippen molar-refractivity contribution in [1.82, 2.24) is 10.2 Å². The molecule has 1 unspecified atom stereocenters. The average Bonchev–Trinajstić information content (AvgIpc) is 3.48. The zero-order chi connectivity index (χ0) is 37.8. The van der Waals surface area contributed by atoms with Crippen LogP contribution >= 0.6 is 11.6 Å². The summed E-state index contributed by atoms with van der Waals surface area (Å²) in [6.45, 7) is 11.8. The van der Waals surface area contributed by atoms with Crippen LogP contribution in [0.5, 0.6) is 0 Å². The maximum Gasteiger partial charge on any atom is 0.323 e. The minimum Gasteiger partial charge on any atom is -0.454 e. The lowest BCUT2D eigenvalue weighted by atomic mass is 9.55. The molecule has 0 bridgehead atoms. The molecule has 1 saturated carbocycles. The van der Waals surface area contributed by atoms with Crippen molar-refractivity contribution in [2.45, 2.75) is 82.6 Å². The SMILES string of the molecule is CC(=O)O[C@@H]1C(C)=C[C@@H]2[C@H](C(C)CN3CCN(c4ccc(C#N)cc4)CC3)CC[C@@H](C)[C@]2(O)[C@H]1OC(=O)[C@@H]1C[C@@]2(O)c3cccc(Cl)c3N(C)O[C@H]2N1. The Balaban J connectivity index is 1.09. The number of para-hydroxylation sites is 1. The fourth-order valence-corrected chi connectivity index (χ4v) is 9.93. The summed E-state index contributed by atoms with van der Waals surface area (Å²) >= 11 is 6.48. The lowest BCUT2D eigenvalue weighted by Crippen LogP contribution is -2.66. The highest BCUT2D eigenvalue weighted by molar-refractivity contribution is 6.33. The van der Waals surface area contributed by atoms with Crippen LogP contribution in [-0.4, -0.2) is 96.9 Å². The van der Waals surface area contributed by atoms with Gasteiger partial charge in [0, 0.05) is 70.3 Å². The van der Waals surface area contributed by atoms with Gasteiger partial charge in [-0.1, -0.05) is 43.7 Å². The minimum atomic E-state index is -1.57. The summed E-state index contributed by atoms with van der Waals surface area (Å²) in [6.07, 6.45) is 0.518. The van der Waals surface area contributed by atoms with Crippen molar-refractivity contribution < 1.29 is 34.1 Å². The topological polar surface area (TPSA) is 148 Å². The molecule has 2 aliphatic carbocycles. The van der Waals surface area contributed by atoms with E-state index in [0.717, 1.165) is 50.4 Å². The largest absolute Gasteiger partial charge is 0.454 e. The Morgan fingerprint density at radius 2 is 1.83 bits per heavy atom. The Kier molecular flexibility index (Phi) is 10.3. The van der Waals surface area contributed by atoms with E-state index in [9.17, 15) is 19.8 Å². The van der Waals surface area contributed by atoms with Crippen molar-refractivity contribution in [2.75, 3.05) is 49.7 Å². The van der Waals surface area contributed by atoms with Gasteiger partial charge in [-0.25, -0.2) is 0 Å². The van der Waals surface area contributed by atoms with Gasteiger partial charge in [0.15, 0.2) is 18.4 Å². The number of hydrogen-bond acceptors (Lipinski definition) is 12. The number of rotatable bonds is 7. The first-order chi connectivity index (χ1) is 25.2. The molecule has 12 nitrogen and oxygen atoms in total. The van der Waals surface area contributed by atoms with Crippen LogP contribution in [0.15, 0.2) is 54.1 Å². The number of halogens is 1. The molecule has 284 valence electrons. The van der Waals surface area contributed by atoms with Gasteiger partial charge in [-0.2, -0.15) is 5.26 Å². The maximum absolute atomic E-state index is 14.2. The highest BCUT2D eigenvalue weighted by Gasteiger charge is 2.62. The first-order valence-corrected chi connectivity index (χ1v) is 19.1. The summed E-state index contributed by atoms with van der Waals surface area (Å²) in [5.74, 6) is -1.53. The second-order valence-electron chi connectivity index (χ2n) is 15.7. The molecule has 7 rings (SSSR count). The number of fused-ring (bicyclic) bond motifs is 4. The number of benzene rings is 2. The molecule has 13 heteroatoms. The molecule has 3 N–H and O–H groups in total. The van der Waals surface area contributed by atoms with E-state index in [-0.39, 0.29) is 30.1 Å². The molecular formula is C40H50ClN5O7. The van der Waals surface area contributed by atoms with Gasteiger partial charge in [0.05, 0.1) is 22.3 Å². The molecule has 3 aliphatic heterocycles. The second-order valence-corrected chi connectivity index (χ2v) is 16.2. The quantitative estimate of drug-likeness (QED) is 0.277. The Morgan fingerprint density at radius 1 is 1.11 bits per heavy atom. The molecule has 3 heterocycles. The highest BCUT2D eigenvalue weighted by atomic mass is 35.5. The third-order valence-corrected chi connectivity index (χ3v) is 12.8. The maximum atomic E-state index is 14.2.